The molecule has 0 bridgehead atoms. The van der Waals surface area contributed by atoms with Crippen molar-refractivity contribution < 1.29 is 4.65 Å². The summed E-state index contributed by atoms with van der Waals surface area (Å²) in [7, 11) is 2.94. The van der Waals surface area contributed by atoms with Crippen LogP contribution < -0.4 is 0 Å². The van der Waals surface area contributed by atoms with Gasteiger partial charge < -0.3 is 0 Å². The second kappa shape index (κ2) is 3.51. The van der Waals surface area contributed by atoms with Crippen LogP contribution in [0.5, 0.6) is 0 Å². The molecule has 0 aliphatic heterocycles. The number of rotatable bonds is 1. The van der Waals surface area contributed by atoms with Gasteiger partial charge >= 0.3 is 31.1 Å². The fraction of sp³-hybridized carbons (Fsp3) is 0.333. The Morgan fingerprint density at radius 2 is 2.60 bits per heavy atom. The summed E-state index contributed by atoms with van der Waals surface area (Å²) in [6, 6.07) is 0. The minimum absolute atomic E-state index is 1.39. The van der Waals surface area contributed by atoms with E-state index < -0.39 is 0 Å². The molecule has 1 nitrogen and oxygen atoms in total. The summed E-state index contributed by atoms with van der Waals surface area (Å²) in [6.45, 7) is 3.24. The molecular formula is C3H5BO. The van der Waals surface area contributed by atoms with Crippen molar-refractivity contribution in [3.8, 4) is 0 Å². The van der Waals surface area contributed by atoms with Gasteiger partial charge in [-0.15, -0.1) is 0 Å². The van der Waals surface area contributed by atoms with Crippen LogP contribution in [0.1, 0.15) is 0 Å². The Morgan fingerprint density at radius 3 is 2.60 bits per heavy atom. The second-order valence-electron chi connectivity index (χ2n) is 0.558. The number of hydrogen-bond acceptors (Lipinski definition) is 1. The van der Waals surface area contributed by atoms with Crippen molar-refractivity contribution in [3.63, 3.8) is 0 Å². The molecule has 0 aliphatic rings. The molecule has 0 fully saturated rings. The van der Waals surface area contributed by atoms with Crippen molar-refractivity contribution in [2.24, 2.45) is 0 Å². The van der Waals surface area contributed by atoms with Crippen LogP contribution in [-0.2, 0) is 4.65 Å². The summed E-state index contributed by atoms with van der Waals surface area (Å²) >= 11 is 0. The van der Waals surface area contributed by atoms with Crippen molar-refractivity contribution in [2.75, 3.05) is 7.11 Å². The molecule has 0 heterocycles. The quantitative estimate of drug-likeness (QED) is 0.388. The van der Waals surface area contributed by atoms with Crippen LogP contribution >= 0.6 is 0 Å². The monoisotopic (exact) mass is 68.0 g/mol. The van der Waals surface area contributed by atoms with E-state index in [0.29, 0.717) is 0 Å². The Morgan fingerprint density at radius 1 is 2.00 bits per heavy atom. The summed E-state index contributed by atoms with van der Waals surface area (Å²) < 4.78 is 4.39. The molecule has 0 radical (unpaired) electrons. The van der Waals surface area contributed by atoms with E-state index >= 15 is 0 Å². The van der Waals surface area contributed by atoms with E-state index in [9.17, 15) is 0 Å². The first-order chi connectivity index (χ1) is 2.41. The molecular weight excluding hydrogens is 62.8 g/mol. The first-order valence-electron chi connectivity index (χ1n) is 1.29. The van der Waals surface area contributed by atoms with Crippen LogP contribution in [0.25, 0.3) is 0 Å². The van der Waals surface area contributed by atoms with E-state index in [1.54, 1.807) is 7.11 Å². The molecule has 26 valence electrons. The Labute approximate surface area is 32.2 Å². The predicted octanol–water partition coefficient (Wildman–Crippen LogP) is -0.161. The predicted molar refractivity (Wildman–Crippen MR) is 23.4 cm³/mol. The van der Waals surface area contributed by atoms with Gasteiger partial charge in [-0.25, -0.2) is 0 Å². The Balaban J connectivity index is 2.93. The first-order valence-corrected chi connectivity index (χ1v) is 1.29. The molecule has 0 unspecified atom stereocenters. The zero-order valence-corrected chi connectivity index (χ0v) is 3.19. The van der Waals surface area contributed by atoms with Crippen LogP contribution in [-0.4, -0.2) is 19.9 Å². The average Bonchev–Trinajstić information content (AvgIpc) is 1.41. The van der Waals surface area contributed by atoms with Gasteiger partial charge in [0.15, 0.2) is 0 Å². The van der Waals surface area contributed by atoms with Crippen LogP contribution in [0.4, 0.5) is 0 Å². The zero-order valence-electron chi connectivity index (χ0n) is 3.19. The molecule has 0 saturated carbocycles. The minimum atomic E-state index is 1.39. The third kappa shape index (κ3) is 3.51. The summed E-state index contributed by atoms with van der Waals surface area (Å²) in [5, 5.41) is 0. The van der Waals surface area contributed by atoms with Gasteiger partial charge in [0.1, 0.15) is 0 Å². The molecule has 0 rings (SSSR count). The van der Waals surface area contributed by atoms with E-state index in [-0.39, 0.29) is 0 Å². The van der Waals surface area contributed by atoms with Gasteiger partial charge in [0.2, 0.25) is 0 Å². The Hall–Kier alpha value is -0.485. The Bertz CT molecular complexity index is 53.9. The van der Waals surface area contributed by atoms with Gasteiger partial charge in [-0.2, -0.15) is 0 Å². The molecule has 0 aliphatic carbocycles. The molecule has 0 aromatic carbocycles. The SMILES string of the molecule is C=C=BOC. The summed E-state index contributed by atoms with van der Waals surface area (Å²) in [5.41, 5.74) is 2.42. The second-order valence-corrected chi connectivity index (χ2v) is 0.558. The standard InChI is InChI=1S/C3H5BO/c1-3-4-5-2/h1H2,2H3. The molecule has 0 amide bonds. The molecule has 0 aromatic heterocycles. The van der Waals surface area contributed by atoms with Crippen molar-refractivity contribution in [1.29, 1.82) is 0 Å². The maximum atomic E-state index is 4.39. The van der Waals surface area contributed by atoms with Gasteiger partial charge in [0.25, 0.3) is 0 Å². The van der Waals surface area contributed by atoms with E-state index in [1.165, 1.54) is 7.12 Å². The summed E-state index contributed by atoms with van der Waals surface area (Å²) in [6.07, 6.45) is 0. The third-order valence-electron chi connectivity index (χ3n) is 0.201. The number of hydrogen-bond donors (Lipinski definition) is 0. The van der Waals surface area contributed by atoms with Gasteiger partial charge in [0, 0.05) is 0 Å². The van der Waals surface area contributed by atoms with E-state index in [1.807, 2.05) is 0 Å². The van der Waals surface area contributed by atoms with Crippen LogP contribution in [0.3, 0.4) is 0 Å². The first kappa shape index (κ1) is 4.51. The zero-order chi connectivity index (χ0) is 4.12. The van der Waals surface area contributed by atoms with Crippen LogP contribution in [0.15, 0.2) is 6.58 Å². The van der Waals surface area contributed by atoms with Gasteiger partial charge in [-0.1, -0.05) is 0 Å². The van der Waals surface area contributed by atoms with E-state index in [0.717, 1.165) is 0 Å². The van der Waals surface area contributed by atoms with Crippen molar-refractivity contribution in [1.82, 2.24) is 0 Å². The average molecular weight is 67.9 g/mol. The normalized spacial score (nSPS) is 4.20. The molecule has 0 aromatic rings. The van der Waals surface area contributed by atoms with Crippen LogP contribution in [0.2, 0.25) is 0 Å². The van der Waals surface area contributed by atoms with Crippen molar-refractivity contribution >= 4 is 12.7 Å². The molecule has 0 atom stereocenters. The van der Waals surface area contributed by atoms with E-state index in [4.69, 9.17) is 0 Å². The van der Waals surface area contributed by atoms with Crippen LogP contribution in [0, 0.1) is 0 Å². The molecule has 5 heavy (non-hydrogen) atoms. The molecule has 0 spiro atoms. The van der Waals surface area contributed by atoms with E-state index in [2.05, 4.69) is 16.9 Å². The van der Waals surface area contributed by atoms with Crippen molar-refractivity contribution in [3.05, 3.63) is 6.58 Å². The summed E-state index contributed by atoms with van der Waals surface area (Å²) in [4.78, 5) is 0. The summed E-state index contributed by atoms with van der Waals surface area (Å²) in [5.74, 6) is 0. The van der Waals surface area contributed by atoms with Gasteiger partial charge in [-0.3, -0.25) is 0 Å². The molecule has 0 N–H and O–H groups in total. The maximum absolute atomic E-state index is 4.39. The van der Waals surface area contributed by atoms with Gasteiger partial charge in [-0.05, 0) is 0 Å². The van der Waals surface area contributed by atoms with Gasteiger partial charge in [0.05, 0.1) is 0 Å². The van der Waals surface area contributed by atoms with Crippen molar-refractivity contribution in [2.45, 2.75) is 0 Å². The topological polar surface area (TPSA) is 9.23 Å². The fourth-order valence-corrected chi connectivity index (χ4v) is 0.0833. The molecule has 2 heteroatoms. The Kier molecular flexibility index (Phi) is 3.17. The third-order valence-corrected chi connectivity index (χ3v) is 0.201. The molecule has 0 saturated heterocycles. The fourth-order valence-electron chi connectivity index (χ4n) is 0.0833.